The lowest BCUT2D eigenvalue weighted by molar-refractivity contribution is 0.0923. The second kappa shape index (κ2) is 7.85. The van der Waals surface area contributed by atoms with E-state index >= 15 is 0 Å². The molecule has 2 aromatic carbocycles. The van der Waals surface area contributed by atoms with Gasteiger partial charge in [-0.1, -0.05) is 47.1 Å². The normalized spacial score (nSPS) is 11.8. The summed E-state index contributed by atoms with van der Waals surface area (Å²) in [6, 6.07) is 18.2. The lowest BCUT2D eigenvalue weighted by Crippen LogP contribution is -2.33. The summed E-state index contributed by atoms with van der Waals surface area (Å²) in [6.45, 7) is 2.21. The Bertz CT molecular complexity index is 831. The van der Waals surface area contributed by atoms with Crippen LogP contribution >= 0.6 is 11.6 Å². The highest BCUT2D eigenvalue weighted by Gasteiger charge is 2.14. The highest BCUT2D eigenvalue weighted by molar-refractivity contribution is 6.30. The van der Waals surface area contributed by atoms with Gasteiger partial charge in [-0.2, -0.15) is 0 Å². The Morgan fingerprint density at radius 3 is 2.64 bits per heavy atom. The second-order valence-corrected chi connectivity index (χ2v) is 5.97. The molecule has 128 valence electrons. The molecule has 0 unspecified atom stereocenters. The highest BCUT2D eigenvalue weighted by Crippen LogP contribution is 2.20. The molecule has 3 rings (SSSR count). The third-order valence-electron chi connectivity index (χ3n) is 3.50. The van der Waals surface area contributed by atoms with Crippen LogP contribution in [0.25, 0.3) is 11.3 Å². The van der Waals surface area contributed by atoms with Gasteiger partial charge in [-0.15, -0.1) is 0 Å². The van der Waals surface area contributed by atoms with Crippen LogP contribution in [0.2, 0.25) is 5.02 Å². The predicted molar refractivity (Wildman–Crippen MR) is 95.8 cm³/mol. The Morgan fingerprint density at radius 1 is 1.20 bits per heavy atom. The van der Waals surface area contributed by atoms with Crippen LogP contribution in [0.3, 0.4) is 0 Å². The van der Waals surface area contributed by atoms with Gasteiger partial charge in [-0.05, 0) is 31.2 Å². The van der Waals surface area contributed by atoms with E-state index in [1.807, 2.05) is 37.3 Å². The van der Waals surface area contributed by atoms with E-state index in [9.17, 15) is 4.79 Å². The van der Waals surface area contributed by atoms with Crippen LogP contribution in [0.5, 0.6) is 5.75 Å². The van der Waals surface area contributed by atoms with E-state index in [1.165, 1.54) is 0 Å². The Balaban J connectivity index is 1.54. The van der Waals surface area contributed by atoms with E-state index < -0.39 is 0 Å². The largest absolute Gasteiger partial charge is 0.489 e. The van der Waals surface area contributed by atoms with Gasteiger partial charge in [0.15, 0.2) is 11.5 Å². The van der Waals surface area contributed by atoms with Gasteiger partial charge in [-0.3, -0.25) is 4.79 Å². The van der Waals surface area contributed by atoms with Crippen LogP contribution < -0.4 is 10.1 Å². The molecular weight excluding hydrogens is 340 g/mol. The lowest BCUT2D eigenvalue weighted by Gasteiger charge is -2.15. The van der Waals surface area contributed by atoms with Gasteiger partial charge in [0.1, 0.15) is 11.9 Å². The number of rotatable bonds is 6. The zero-order valence-electron chi connectivity index (χ0n) is 13.6. The van der Waals surface area contributed by atoms with Crippen LogP contribution in [0.1, 0.15) is 17.4 Å². The van der Waals surface area contributed by atoms with Gasteiger partial charge >= 0.3 is 0 Å². The molecule has 0 aliphatic carbocycles. The summed E-state index contributed by atoms with van der Waals surface area (Å²) < 4.78 is 10.9. The maximum atomic E-state index is 12.2. The quantitative estimate of drug-likeness (QED) is 0.719. The SMILES string of the molecule is C[C@@H](CNC(=O)c1cc(-c2ccccc2)on1)Oc1ccc(Cl)cc1. The van der Waals surface area contributed by atoms with Gasteiger partial charge in [0.2, 0.25) is 0 Å². The van der Waals surface area contributed by atoms with Crippen molar-refractivity contribution in [1.29, 1.82) is 0 Å². The average Bonchev–Trinajstić information content (AvgIpc) is 3.13. The van der Waals surface area contributed by atoms with E-state index in [0.717, 1.165) is 5.56 Å². The fourth-order valence-electron chi connectivity index (χ4n) is 2.23. The Kier molecular flexibility index (Phi) is 5.36. The number of amides is 1. The molecule has 0 saturated carbocycles. The van der Waals surface area contributed by atoms with E-state index in [1.54, 1.807) is 30.3 Å². The molecule has 1 atom stereocenters. The number of ether oxygens (including phenoxy) is 1. The van der Waals surface area contributed by atoms with Crippen LogP contribution in [-0.2, 0) is 0 Å². The highest BCUT2D eigenvalue weighted by atomic mass is 35.5. The molecule has 1 N–H and O–H groups in total. The minimum Gasteiger partial charge on any atom is -0.489 e. The zero-order chi connectivity index (χ0) is 17.6. The molecule has 1 amide bonds. The lowest BCUT2D eigenvalue weighted by atomic mass is 10.1. The van der Waals surface area contributed by atoms with Crippen molar-refractivity contribution in [2.24, 2.45) is 0 Å². The fraction of sp³-hybridized carbons (Fsp3) is 0.158. The fourth-order valence-corrected chi connectivity index (χ4v) is 2.36. The molecule has 0 aliphatic heterocycles. The molecule has 3 aromatic rings. The summed E-state index contributed by atoms with van der Waals surface area (Å²) in [6.07, 6.45) is -0.203. The van der Waals surface area contributed by atoms with Crippen LogP contribution in [0.15, 0.2) is 65.2 Å². The number of carbonyl (C=O) groups excluding carboxylic acids is 1. The molecule has 25 heavy (non-hydrogen) atoms. The topological polar surface area (TPSA) is 64.4 Å². The summed E-state index contributed by atoms with van der Waals surface area (Å²) in [7, 11) is 0. The minimum atomic E-state index is -0.308. The number of benzene rings is 2. The van der Waals surface area contributed by atoms with Crippen molar-refractivity contribution < 1.29 is 14.1 Å². The Hall–Kier alpha value is -2.79. The first-order valence-corrected chi connectivity index (χ1v) is 8.22. The molecular formula is C19H17ClN2O3. The van der Waals surface area contributed by atoms with Gasteiger partial charge in [0, 0.05) is 16.7 Å². The van der Waals surface area contributed by atoms with Crippen molar-refractivity contribution in [3.63, 3.8) is 0 Å². The van der Waals surface area contributed by atoms with Crippen molar-refractivity contribution in [3.8, 4) is 17.1 Å². The van der Waals surface area contributed by atoms with Crippen molar-refractivity contribution in [1.82, 2.24) is 10.5 Å². The summed E-state index contributed by atoms with van der Waals surface area (Å²) in [5.74, 6) is 0.938. The van der Waals surface area contributed by atoms with Crippen molar-refractivity contribution in [2.45, 2.75) is 13.0 Å². The molecule has 6 heteroatoms. The molecule has 0 bridgehead atoms. The standard InChI is InChI=1S/C19H17ClN2O3/c1-13(24-16-9-7-15(20)8-10-16)12-21-19(23)17-11-18(25-22-17)14-5-3-2-4-6-14/h2-11,13H,12H2,1H3,(H,21,23)/t13-/m0/s1. The third-order valence-corrected chi connectivity index (χ3v) is 3.75. The zero-order valence-corrected chi connectivity index (χ0v) is 14.4. The summed E-state index contributed by atoms with van der Waals surface area (Å²) >= 11 is 5.84. The van der Waals surface area contributed by atoms with Crippen molar-refractivity contribution in [2.75, 3.05) is 6.54 Å². The Labute approximate surface area is 150 Å². The van der Waals surface area contributed by atoms with E-state index in [4.69, 9.17) is 20.9 Å². The molecule has 5 nitrogen and oxygen atoms in total. The first-order chi connectivity index (χ1) is 12.1. The van der Waals surface area contributed by atoms with Crippen LogP contribution in [0, 0.1) is 0 Å². The van der Waals surface area contributed by atoms with Crippen LogP contribution in [0.4, 0.5) is 0 Å². The number of carbonyl (C=O) groups is 1. The molecule has 0 saturated heterocycles. The molecule has 0 radical (unpaired) electrons. The van der Waals surface area contributed by atoms with E-state index in [2.05, 4.69) is 10.5 Å². The summed E-state index contributed by atoms with van der Waals surface area (Å²) in [4.78, 5) is 12.2. The van der Waals surface area contributed by atoms with Crippen molar-refractivity contribution in [3.05, 3.63) is 71.4 Å². The minimum absolute atomic E-state index is 0.203. The molecule has 1 aromatic heterocycles. The van der Waals surface area contributed by atoms with Gasteiger partial charge < -0.3 is 14.6 Å². The monoisotopic (exact) mass is 356 g/mol. The first-order valence-electron chi connectivity index (χ1n) is 7.84. The molecule has 0 aliphatic rings. The predicted octanol–water partition coefficient (Wildman–Crippen LogP) is 4.19. The number of nitrogens with one attached hydrogen (secondary N) is 1. The number of hydrogen-bond acceptors (Lipinski definition) is 4. The van der Waals surface area contributed by atoms with Gasteiger partial charge in [-0.25, -0.2) is 0 Å². The summed E-state index contributed by atoms with van der Waals surface area (Å²) in [5.41, 5.74) is 1.10. The molecule has 0 spiro atoms. The first kappa shape index (κ1) is 17.0. The number of nitrogens with zero attached hydrogens (tertiary/aromatic N) is 1. The van der Waals surface area contributed by atoms with E-state index in [0.29, 0.717) is 23.1 Å². The second-order valence-electron chi connectivity index (χ2n) is 5.53. The summed E-state index contributed by atoms with van der Waals surface area (Å²) in [5, 5.41) is 7.25. The molecule has 1 heterocycles. The van der Waals surface area contributed by atoms with Crippen LogP contribution in [-0.4, -0.2) is 23.7 Å². The third kappa shape index (κ3) is 4.61. The number of halogens is 1. The van der Waals surface area contributed by atoms with Gasteiger partial charge in [0.25, 0.3) is 5.91 Å². The maximum Gasteiger partial charge on any atom is 0.273 e. The maximum absolute atomic E-state index is 12.2. The van der Waals surface area contributed by atoms with E-state index in [-0.39, 0.29) is 17.7 Å². The van der Waals surface area contributed by atoms with Crippen molar-refractivity contribution >= 4 is 17.5 Å². The van der Waals surface area contributed by atoms with Gasteiger partial charge in [0.05, 0.1) is 6.54 Å². The molecule has 0 fully saturated rings. The smallest absolute Gasteiger partial charge is 0.273 e. The average molecular weight is 357 g/mol. The Morgan fingerprint density at radius 2 is 1.92 bits per heavy atom. The number of hydrogen-bond donors (Lipinski definition) is 1. The number of aromatic nitrogens is 1.